The van der Waals surface area contributed by atoms with Crippen LogP contribution in [0.1, 0.15) is 36.3 Å². The number of ether oxygens (including phenoxy) is 1. The van der Waals surface area contributed by atoms with Crippen LogP contribution in [-0.4, -0.2) is 43.4 Å². The summed E-state index contributed by atoms with van der Waals surface area (Å²) >= 11 is 0. The molecule has 5 nitrogen and oxygen atoms in total. The lowest BCUT2D eigenvalue weighted by molar-refractivity contribution is 0.331. The van der Waals surface area contributed by atoms with Crippen LogP contribution in [-0.2, 0) is 0 Å². The van der Waals surface area contributed by atoms with E-state index in [9.17, 15) is 0 Å². The Morgan fingerprint density at radius 1 is 1.23 bits per heavy atom. The van der Waals surface area contributed by atoms with Crippen LogP contribution in [0.4, 0.5) is 5.69 Å². The summed E-state index contributed by atoms with van der Waals surface area (Å²) in [5, 5.41) is 3.52. The molecule has 0 bridgehead atoms. The normalized spacial score (nSPS) is 26.1. The molecule has 2 unspecified atom stereocenters. The van der Waals surface area contributed by atoms with Gasteiger partial charge in [0.05, 0.1) is 13.0 Å². The Labute approximate surface area is 131 Å². The summed E-state index contributed by atoms with van der Waals surface area (Å²) in [6, 6.07) is 4.32. The van der Waals surface area contributed by atoms with Crippen molar-refractivity contribution in [2.75, 3.05) is 25.5 Å². The molecule has 1 N–H and O–H groups in total. The van der Waals surface area contributed by atoms with E-state index in [1.165, 1.54) is 30.7 Å². The molecule has 0 saturated carbocycles. The van der Waals surface area contributed by atoms with Gasteiger partial charge in [0.15, 0.2) is 0 Å². The third-order valence-corrected chi connectivity index (χ3v) is 4.90. The third-order valence-electron chi connectivity index (χ3n) is 4.90. The molecule has 3 aliphatic rings. The van der Waals surface area contributed by atoms with Gasteiger partial charge in [0.25, 0.3) is 0 Å². The molecular weight excluding hydrogens is 276 g/mol. The smallest absolute Gasteiger partial charge is 0.134 e. The van der Waals surface area contributed by atoms with Crippen molar-refractivity contribution in [2.45, 2.75) is 38.3 Å². The number of anilines is 1. The summed E-state index contributed by atoms with van der Waals surface area (Å²) in [4.78, 5) is 11.6. The van der Waals surface area contributed by atoms with E-state index >= 15 is 0 Å². The molecule has 2 atom stereocenters. The number of nitrogens with zero attached hydrogens (tertiary/aromatic N) is 3. The Balaban J connectivity index is 1.73. The quantitative estimate of drug-likeness (QED) is 0.867. The summed E-state index contributed by atoms with van der Waals surface area (Å²) in [6.45, 7) is 4.32. The van der Waals surface area contributed by atoms with Crippen molar-refractivity contribution >= 4 is 17.9 Å². The molecule has 0 aliphatic carbocycles. The molecule has 0 radical (unpaired) electrons. The molecule has 5 heteroatoms. The number of aliphatic imine (C=N–C) groups is 2. The number of fused-ring (bicyclic) bond motifs is 3. The van der Waals surface area contributed by atoms with E-state index in [1.807, 2.05) is 0 Å². The highest BCUT2D eigenvalue weighted by Gasteiger charge is 2.40. The Morgan fingerprint density at radius 3 is 2.82 bits per heavy atom. The van der Waals surface area contributed by atoms with Crippen molar-refractivity contribution in [1.29, 1.82) is 0 Å². The standard InChI is InChI=1S/C17H22N4O/c1-11-8-12-13(9-14(11)22-2)20-16-15(12)17(19-10-18-16)21-6-4-3-5-7-21/h8-10,15-16,20H,3-7H2,1-2H3. The van der Waals surface area contributed by atoms with Gasteiger partial charge in [0, 0.05) is 24.8 Å². The number of piperidine rings is 1. The first kappa shape index (κ1) is 13.6. The molecule has 1 fully saturated rings. The molecule has 1 aromatic rings. The number of methoxy groups -OCH3 is 1. The van der Waals surface area contributed by atoms with Gasteiger partial charge in [-0.05, 0) is 43.4 Å². The predicted molar refractivity (Wildman–Crippen MR) is 89.2 cm³/mol. The maximum Gasteiger partial charge on any atom is 0.134 e. The van der Waals surface area contributed by atoms with Gasteiger partial charge in [-0.1, -0.05) is 0 Å². The molecule has 116 valence electrons. The minimum atomic E-state index is 0.0657. The average Bonchev–Trinajstić information content (AvgIpc) is 2.92. The number of benzene rings is 1. The summed E-state index contributed by atoms with van der Waals surface area (Å²) in [6.07, 6.45) is 5.63. The first-order chi connectivity index (χ1) is 10.8. The second kappa shape index (κ2) is 5.30. The number of aryl methyl sites for hydroxylation is 1. The van der Waals surface area contributed by atoms with E-state index in [0.29, 0.717) is 0 Å². The van der Waals surface area contributed by atoms with Crippen LogP contribution in [0.25, 0.3) is 0 Å². The Bertz CT molecular complexity index is 646. The largest absolute Gasteiger partial charge is 0.496 e. The Kier molecular flexibility index (Phi) is 3.28. The molecule has 1 aromatic carbocycles. The lowest BCUT2D eigenvalue weighted by Gasteiger charge is -2.34. The van der Waals surface area contributed by atoms with Gasteiger partial charge in [0.1, 0.15) is 24.1 Å². The van der Waals surface area contributed by atoms with Gasteiger partial charge in [0.2, 0.25) is 0 Å². The summed E-state index contributed by atoms with van der Waals surface area (Å²) in [5.74, 6) is 2.32. The highest BCUT2D eigenvalue weighted by Crippen LogP contribution is 2.42. The fourth-order valence-electron chi connectivity index (χ4n) is 3.77. The number of rotatable bonds is 1. The molecule has 3 aliphatic heterocycles. The number of hydrogen-bond acceptors (Lipinski definition) is 5. The first-order valence-electron chi connectivity index (χ1n) is 8.07. The highest BCUT2D eigenvalue weighted by molar-refractivity contribution is 5.99. The zero-order valence-electron chi connectivity index (χ0n) is 13.2. The third kappa shape index (κ3) is 2.07. The van der Waals surface area contributed by atoms with Crippen LogP contribution < -0.4 is 10.1 Å². The summed E-state index contributed by atoms with van der Waals surface area (Å²) < 4.78 is 5.45. The van der Waals surface area contributed by atoms with Crippen LogP contribution in [0.2, 0.25) is 0 Å². The van der Waals surface area contributed by atoms with Gasteiger partial charge in [-0.25, -0.2) is 9.98 Å². The highest BCUT2D eigenvalue weighted by atomic mass is 16.5. The minimum Gasteiger partial charge on any atom is -0.496 e. The van der Waals surface area contributed by atoms with Crippen LogP contribution in [0.3, 0.4) is 0 Å². The number of nitrogens with one attached hydrogen (secondary N) is 1. The van der Waals surface area contributed by atoms with Crippen molar-refractivity contribution in [2.24, 2.45) is 9.98 Å². The summed E-state index contributed by atoms with van der Waals surface area (Å²) in [7, 11) is 1.72. The van der Waals surface area contributed by atoms with Gasteiger partial charge in [-0.15, -0.1) is 0 Å². The molecule has 0 aromatic heterocycles. The lowest BCUT2D eigenvalue weighted by atomic mass is 9.93. The zero-order valence-corrected chi connectivity index (χ0v) is 13.2. The fraction of sp³-hybridized carbons (Fsp3) is 0.529. The average molecular weight is 298 g/mol. The van der Waals surface area contributed by atoms with Crippen molar-refractivity contribution in [3.63, 3.8) is 0 Å². The van der Waals surface area contributed by atoms with Gasteiger partial charge in [-0.2, -0.15) is 0 Å². The van der Waals surface area contributed by atoms with Gasteiger partial charge >= 0.3 is 0 Å². The zero-order chi connectivity index (χ0) is 15.1. The molecular formula is C17H22N4O. The monoisotopic (exact) mass is 298 g/mol. The number of hydrogen-bond donors (Lipinski definition) is 1. The summed E-state index contributed by atoms with van der Waals surface area (Å²) in [5.41, 5.74) is 3.59. The molecule has 4 rings (SSSR count). The van der Waals surface area contributed by atoms with E-state index in [-0.39, 0.29) is 12.1 Å². The van der Waals surface area contributed by atoms with Crippen molar-refractivity contribution < 1.29 is 4.74 Å². The van der Waals surface area contributed by atoms with Crippen LogP contribution in [0.5, 0.6) is 5.75 Å². The maximum absolute atomic E-state index is 5.45. The van der Waals surface area contributed by atoms with E-state index in [4.69, 9.17) is 4.74 Å². The second-order valence-electron chi connectivity index (χ2n) is 6.28. The Hall–Kier alpha value is -2.04. The number of amidine groups is 1. The van der Waals surface area contributed by atoms with E-state index < -0.39 is 0 Å². The SMILES string of the molecule is COc1cc2c(cc1C)C1C(N3CCCCC3)=NC=NC1N2. The predicted octanol–water partition coefficient (Wildman–Crippen LogP) is 2.77. The van der Waals surface area contributed by atoms with E-state index in [0.717, 1.165) is 30.1 Å². The van der Waals surface area contributed by atoms with Crippen molar-refractivity contribution in [1.82, 2.24) is 4.90 Å². The van der Waals surface area contributed by atoms with Gasteiger partial charge in [-0.3, -0.25) is 0 Å². The number of likely N-dealkylation sites (tertiary alicyclic amines) is 1. The van der Waals surface area contributed by atoms with Crippen LogP contribution in [0.15, 0.2) is 22.1 Å². The topological polar surface area (TPSA) is 49.2 Å². The van der Waals surface area contributed by atoms with Crippen LogP contribution >= 0.6 is 0 Å². The first-order valence-corrected chi connectivity index (χ1v) is 8.07. The van der Waals surface area contributed by atoms with E-state index in [1.54, 1.807) is 13.4 Å². The van der Waals surface area contributed by atoms with Gasteiger partial charge < -0.3 is 15.0 Å². The molecule has 0 spiro atoms. The van der Waals surface area contributed by atoms with Crippen LogP contribution in [0, 0.1) is 6.92 Å². The molecule has 22 heavy (non-hydrogen) atoms. The molecule has 3 heterocycles. The van der Waals surface area contributed by atoms with Crippen molar-refractivity contribution in [3.8, 4) is 5.75 Å². The minimum absolute atomic E-state index is 0.0657. The second-order valence-corrected chi connectivity index (χ2v) is 6.28. The Morgan fingerprint density at radius 2 is 2.05 bits per heavy atom. The van der Waals surface area contributed by atoms with Crippen molar-refractivity contribution in [3.05, 3.63) is 23.3 Å². The fourth-order valence-corrected chi connectivity index (χ4v) is 3.77. The molecule has 1 saturated heterocycles. The molecule has 0 amide bonds. The van der Waals surface area contributed by atoms with E-state index in [2.05, 4.69) is 39.3 Å². The maximum atomic E-state index is 5.45. The lowest BCUT2D eigenvalue weighted by Crippen LogP contribution is -2.43.